The number of aromatic amines is 2. The smallest absolute Gasteiger partial charge is 0.326 e. The Hall–Kier alpha value is -4.88. The Balaban J connectivity index is 1.44. The molecule has 1 amide bonds. The average Bonchev–Trinajstić information content (AvgIpc) is 3.30. The molecule has 4 aromatic rings. The van der Waals surface area contributed by atoms with E-state index >= 15 is 0 Å². The maximum absolute atomic E-state index is 13.6. The molecule has 2 atom stereocenters. The molecule has 38 heavy (non-hydrogen) atoms. The highest BCUT2D eigenvalue weighted by Crippen LogP contribution is 2.24. The first-order valence-corrected chi connectivity index (χ1v) is 12.2. The van der Waals surface area contributed by atoms with Crippen molar-refractivity contribution in [2.75, 3.05) is 18.4 Å². The summed E-state index contributed by atoms with van der Waals surface area (Å²) < 4.78 is 1.48. The Bertz CT molecular complexity index is 1690. The van der Waals surface area contributed by atoms with Crippen molar-refractivity contribution in [3.05, 3.63) is 74.0 Å². The van der Waals surface area contributed by atoms with Gasteiger partial charge in [0.25, 0.3) is 5.62 Å². The molecule has 14 nitrogen and oxygen atoms in total. The standard InChI is InChI=1S/C24H24N10O4/c35-20-17(27-24(37)30-20)10-14-11-25-34-19(14)29-22(31-23(34)26-15-6-7-15)28-18(13-4-2-1-3-5-13)21(36)33-9-8-16(12-33)32-38/h1-5,10-11,15-16,18,35H,6-9,12H2,(H,26,28,31)(H2,27,30,37). The minimum atomic E-state index is -0.821. The largest absolute Gasteiger partial charge is 0.493 e. The first kappa shape index (κ1) is 23.5. The topological polar surface area (TPSA) is 186 Å². The van der Waals surface area contributed by atoms with Crippen molar-refractivity contribution >= 4 is 23.6 Å². The van der Waals surface area contributed by atoms with Crippen molar-refractivity contribution in [1.29, 1.82) is 0 Å². The van der Waals surface area contributed by atoms with Gasteiger partial charge in [-0.05, 0) is 30.9 Å². The number of fused-ring (bicyclic) bond motifs is 1. The minimum absolute atomic E-state index is 0.131. The fourth-order valence-electron chi connectivity index (χ4n) is 4.42. The van der Waals surface area contributed by atoms with E-state index < -0.39 is 17.8 Å². The predicted octanol–water partition coefficient (Wildman–Crippen LogP) is -0.0224. The summed E-state index contributed by atoms with van der Waals surface area (Å²) in [6, 6.07) is 8.08. The van der Waals surface area contributed by atoms with Gasteiger partial charge in [-0.25, -0.2) is 9.79 Å². The highest BCUT2D eigenvalue weighted by atomic mass is 16.3. The molecule has 0 radical (unpaired) electrons. The van der Waals surface area contributed by atoms with Crippen molar-refractivity contribution in [2.45, 2.75) is 37.4 Å². The lowest BCUT2D eigenvalue weighted by Gasteiger charge is -2.24. The van der Waals surface area contributed by atoms with E-state index in [0.717, 1.165) is 12.8 Å². The first-order chi connectivity index (χ1) is 18.5. The molecule has 2 unspecified atom stereocenters. The van der Waals surface area contributed by atoms with Gasteiger partial charge in [0.2, 0.25) is 17.7 Å². The van der Waals surface area contributed by atoms with Crippen molar-refractivity contribution in [3.8, 4) is 5.88 Å². The van der Waals surface area contributed by atoms with E-state index in [9.17, 15) is 19.6 Å². The molecule has 0 bridgehead atoms. The van der Waals surface area contributed by atoms with Gasteiger partial charge in [0.1, 0.15) is 17.8 Å². The fraction of sp³-hybridized carbons (Fsp3) is 0.333. The number of carbonyl (C=O) groups excluding carboxylic acids is 1. The molecule has 2 fully saturated rings. The highest BCUT2D eigenvalue weighted by Gasteiger charge is 2.33. The van der Waals surface area contributed by atoms with Gasteiger partial charge in [0.05, 0.1) is 12.2 Å². The number of likely N-dealkylation sites (tertiary alicyclic amines) is 1. The van der Waals surface area contributed by atoms with Crippen molar-refractivity contribution in [2.24, 2.45) is 10.2 Å². The van der Waals surface area contributed by atoms with Gasteiger partial charge in [0, 0.05) is 18.3 Å². The van der Waals surface area contributed by atoms with Gasteiger partial charge in [-0.2, -0.15) is 24.5 Å². The molecule has 1 aromatic carbocycles. The number of amides is 1. The van der Waals surface area contributed by atoms with Crippen LogP contribution in [-0.4, -0.2) is 70.6 Å². The number of hydrogen-bond donors (Lipinski definition) is 4. The van der Waals surface area contributed by atoms with Crippen LogP contribution in [0.2, 0.25) is 0 Å². The van der Waals surface area contributed by atoms with Crippen molar-refractivity contribution < 1.29 is 9.90 Å². The van der Waals surface area contributed by atoms with E-state index in [1.54, 1.807) is 4.90 Å². The molecular formula is C24H24N10O4. The van der Waals surface area contributed by atoms with Gasteiger partial charge in [-0.1, -0.05) is 35.5 Å². The molecule has 0 spiro atoms. The number of hydrogen-bond acceptors (Lipinski definition) is 10. The van der Waals surface area contributed by atoms with Gasteiger partial charge in [-0.15, -0.1) is 0 Å². The van der Waals surface area contributed by atoms with Crippen LogP contribution in [0.4, 0.5) is 5.95 Å². The number of anilines is 1. The summed E-state index contributed by atoms with van der Waals surface area (Å²) in [5.41, 5.74) is 1.01. The van der Waals surface area contributed by atoms with E-state index in [2.05, 4.69) is 40.5 Å². The maximum Gasteiger partial charge on any atom is 0.326 e. The molecule has 1 saturated carbocycles. The summed E-state index contributed by atoms with van der Waals surface area (Å²) in [6.45, 7) is 0.693. The fourth-order valence-corrected chi connectivity index (χ4v) is 4.42. The molecule has 2 aliphatic rings. The zero-order chi connectivity index (χ0) is 26.2. The maximum atomic E-state index is 13.6. The molecule has 4 heterocycles. The van der Waals surface area contributed by atoms with Gasteiger partial charge in [-0.3, -0.25) is 9.78 Å². The van der Waals surface area contributed by atoms with Crippen LogP contribution in [0, 0.1) is 4.91 Å². The van der Waals surface area contributed by atoms with Crippen LogP contribution >= 0.6 is 0 Å². The Morgan fingerprint density at radius 3 is 2.66 bits per heavy atom. The summed E-state index contributed by atoms with van der Waals surface area (Å²) in [5, 5.41) is 21.2. The van der Waals surface area contributed by atoms with Crippen LogP contribution in [0.5, 0.6) is 5.88 Å². The molecule has 14 heteroatoms. The quantitative estimate of drug-likeness (QED) is 0.247. The van der Waals surface area contributed by atoms with Gasteiger partial charge < -0.3 is 20.3 Å². The van der Waals surface area contributed by atoms with E-state index in [1.165, 1.54) is 16.8 Å². The molecule has 1 aliphatic heterocycles. The van der Waals surface area contributed by atoms with Crippen LogP contribution in [0.25, 0.3) is 11.7 Å². The molecule has 4 N–H and O–H groups in total. The zero-order valence-electron chi connectivity index (χ0n) is 20.1. The second-order valence-electron chi connectivity index (χ2n) is 9.35. The van der Waals surface area contributed by atoms with E-state index in [4.69, 9.17) is 0 Å². The molecule has 194 valence electrons. The Morgan fingerprint density at radius 1 is 1.16 bits per heavy atom. The SMILES string of the molecule is O=NC1CCN(C(=O)C(Nc2nc(=NC3CC3)n3ncc(=Cc4[nH]c(=O)[nH]c4O)c3n2)c2ccccc2)C1. The Kier molecular flexibility index (Phi) is 5.90. The number of carbonyl (C=O) groups is 1. The van der Waals surface area contributed by atoms with Crippen LogP contribution < -0.4 is 21.8 Å². The van der Waals surface area contributed by atoms with E-state index in [1.807, 2.05) is 30.3 Å². The number of aromatic nitrogens is 6. The number of nitrogens with zero attached hydrogens (tertiary/aromatic N) is 7. The highest BCUT2D eigenvalue weighted by molar-refractivity contribution is 5.86. The Labute approximate surface area is 214 Å². The molecule has 1 aliphatic carbocycles. The predicted molar refractivity (Wildman–Crippen MR) is 135 cm³/mol. The number of rotatable bonds is 7. The summed E-state index contributed by atoms with van der Waals surface area (Å²) in [4.78, 5) is 56.5. The van der Waals surface area contributed by atoms with Crippen LogP contribution in [0.3, 0.4) is 0 Å². The van der Waals surface area contributed by atoms with Crippen LogP contribution in [0.15, 0.2) is 51.5 Å². The minimum Gasteiger partial charge on any atom is -0.493 e. The number of nitroso groups, excluding NO2 is 1. The lowest BCUT2D eigenvalue weighted by atomic mass is 10.1. The van der Waals surface area contributed by atoms with E-state index in [0.29, 0.717) is 35.0 Å². The number of imidazole rings is 1. The number of benzene rings is 1. The third kappa shape index (κ3) is 4.63. The third-order valence-corrected chi connectivity index (χ3v) is 6.54. The summed E-state index contributed by atoms with van der Waals surface area (Å²) >= 11 is 0. The summed E-state index contributed by atoms with van der Waals surface area (Å²) in [7, 11) is 0. The number of H-pyrrole nitrogens is 2. The number of aromatic hydroxyl groups is 1. The van der Waals surface area contributed by atoms with Crippen molar-refractivity contribution in [1.82, 2.24) is 34.4 Å². The Morgan fingerprint density at radius 2 is 1.97 bits per heavy atom. The summed E-state index contributed by atoms with van der Waals surface area (Å²) in [5.74, 6) is -0.375. The molecular weight excluding hydrogens is 492 g/mol. The molecule has 3 aromatic heterocycles. The van der Waals surface area contributed by atoms with Gasteiger partial charge >= 0.3 is 5.69 Å². The number of nitrogens with one attached hydrogen (secondary N) is 3. The molecule has 1 saturated heterocycles. The van der Waals surface area contributed by atoms with E-state index in [-0.39, 0.29) is 36.0 Å². The monoisotopic (exact) mass is 516 g/mol. The van der Waals surface area contributed by atoms with Gasteiger partial charge in [0.15, 0.2) is 5.65 Å². The summed E-state index contributed by atoms with van der Waals surface area (Å²) in [6.07, 6.45) is 5.47. The third-order valence-electron chi connectivity index (χ3n) is 6.54. The van der Waals surface area contributed by atoms with Crippen molar-refractivity contribution in [3.63, 3.8) is 0 Å². The molecule has 6 rings (SSSR count). The lowest BCUT2D eigenvalue weighted by molar-refractivity contribution is -0.131. The lowest BCUT2D eigenvalue weighted by Crippen LogP contribution is -2.37. The zero-order valence-corrected chi connectivity index (χ0v) is 20.1. The van der Waals surface area contributed by atoms with Crippen LogP contribution in [-0.2, 0) is 4.79 Å². The van der Waals surface area contributed by atoms with Crippen LogP contribution in [0.1, 0.15) is 36.6 Å². The first-order valence-electron chi connectivity index (χ1n) is 12.2. The second-order valence-corrected chi connectivity index (χ2v) is 9.35. The normalized spacial score (nSPS) is 19.3. The average molecular weight is 517 g/mol. The second kappa shape index (κ2) is 9.53.